The van der Waals surface area contributed by atoms with E-state index in [1.54, 1.807) is 59.5 Å². The molecule has 0 atom stereocenters. The third-order valence-corrected chi connectivity index (χ3v) is 10.8. The van der Waals surface area contributed by atoms with Gasteiger partial charge in [0.05, 0.1) is 23.9 Å². The molecule has 2 amide bonds. The number of carbonyl (C=O) groups excluding carboxylic acids is 3. The number of esters is 1. The lowest BCUT2D eigenvalue weighted by Gasteiger charge is -2.26. The van der Waals surface area contributed by atoms with E-state index >= 15 is 0 Å². The summed E-state index contributed by atoms with van der Waals surface area (Å²) >= 11 is 0. The maximum Gasteiger partial charge on any atom is 0.421 e. The number of ether oxygens (including phenoxy) is 2. The summed E-state index contributed by atoms with van der Waals surface area (Å²) in [6, 6.07) is 34.0. The fourth-order valence-electron chi connectivity index (χ4n) is 7.80. The summed E-state index contributed by atoms with van der Waals surface area (Å²) in [5, 5.41) is 5.57. The van der Waals surface area contributed by atoms with E-state index in [2.05, 4.69) is 38.2 Å². The Morgan fingerprint density at radius 2 is 1.44 bits per heavy atom. The van der Waals surface area contributed by atoms with Crippen LogP contribution >= 0.6 is 0 Å². The zero-order valence-electron chi connectivity index (χ0n) is 33.5. The van der Waals surface area contributed by atoms with E-state index in [9.17, 15) is 27.6 Å². The van der Waals surface area contributed by atoms with Gasteiger partial charge in [-0.1, -0.05) is 78.9 Å². The number of nitrogens with one attached hydrogen (secondary N) is 3. The fraction of sp³-hybridized carbons (Fsp3) is 0.213. The molecule has 3 N–H and O–H groups in total. The molecule has 62 heavy (non-hydrogen) atoms. The largest absolute Gasteiger partial charge is 0.461 e. The molecule has 0 unspecified atom stereocenters. The number of piperidine rings is 1. The van der Waals surface area contributed by atoms with E-state index in [4.69, 9.17) is 14.3 Å². The van der Waals surface area contributed by atoms with Gasteiger partial charge in [-0.05, 0) is 83.5 Å². The van der Waals surface area contributed by atoms with Crippen molar-refractivity contribution in [2.24, 2.45) is 0 Å². The zero-order chi connectivity index (χ0) is 43.2. The molecule has 316 valence electrons. The molecule has 2 aliphatic rings. The number of hydroxylamine groups is 1. The van der Waals surface area contributed by atoms with Gasteiger partial charge in [0.2, 0.25) is 5.95 Å². The van der Waals surface area contributed by atoms with E-state index in [1.165, 1.54) is 19.2 Å². The number of halogens is 3. The van der Waals surface area contributed by atoms with Gasteiger partial charge in [-0.25, -0.2) is 20.1 Å². The molecule has 1 aliphatic carbocycles. The first-order valence-electron chi connectivity index (χ1n) is 20.0. The monoisotopic (exact) mass is 842 g/mol. The summed E-state index contributed by atoms with van der Waals surface area (Å²) in [7, 11) is 1.24. The predicted octanol–water partition coefficient (Wildman–Crippen LogP) is 9.82. The van der Waals surface area contributed by atoms with Crippen LogP contribution in [0.25, 0.3) is 11.1 Å². The Morgan fingerprint density at radius 1 is 0.774 bits per heavy atom. The van der Waals surface area contributed by atoms with Crippen LogP contribution in [-0.2, 0) is 22.2 Å². The van der Waals surface area contributed by atoms with Crippen LogP contribution in [0.15, 0.2) is 121 Å². The molecule has 2 heterocycles. The van der Waals surface area contributed by atoms with Crippen LogP contribution in [0.5, 0.6) is 5.75 Å². The Labute approximate surface area is 355 Å². The summed E-state index contributed by atoms with van der Waals surface area (Å²) in [5.74, 6) is -1.91. The van der Waals surface area contributed by atoms with Gasteiger partial charge in [0.15, 0.2) is 0 Å². The van der Waals surface area contributed by atoms with Gasteiger partial charge >= 0.3 is 18.2 Å². The maximum absolute atomic E-state index is 14.1. The lowest BCUT2D eigenvalue weighted by atomic mass is 9.97. The van der Waals surface area contributed by atoms with Crippen molar-refractivity contribution in [2.45, 2.75) is 37.8 Å². The molecule has 1 aliphatic heterocycles. The van der Waals surface area contributed by atoms with E-state index in [0.29, 0.717) is 30.5 Å². The lowest BCUT2D eigenvalue weighted by Crippen LogP contribution is -2.37. The second kappa shape index (κ2) is 18.2. The minimum absolute atomic E-state index is 0.0239. The maximum atomic E-state index is 14.1. The Kier molecular flexibility index (Phi) is 12.1. The standard InChI is InChI=1S/C47H41F3N6O6/c1-60-55-43(57)36-16-7-8-18-40(36)53-42-39(47(48,49)50)27-51-45(54-42)52-30-22-20-29(21-23-30)26-37-35(17-11-19-41(37)62-46(59)56-24-9-2-10-25-56)44(58)61-28-38-33-14-5-3-12-31(33)32-13-4-6-15-34(32)38/h3-8,11-23,27,38H,2,9-10,24-26,28H2,1H3,(H,55,57)(H2,51,52,53,54). The molecule has 6 aromatic rings. The van der Waals surface area contributed by atoms with Gasteiger partial charge in [-0.2, -0.15) is 18.2 Å². The predicted molar refractivity (Wildman–Crippen MR) is 226 cm³/mol. The van der Waals surface area contributed by atoms with E-state index in [0.717, 1.165) is 47.1 Å². The molecule has 0 saturated carbocycles. The first-order chi connectivity index (χ1) is 30.1. The Bertz CT molecular complexity index is 2570. The van der Waals surface area contributed by atoms with Crippen LogP contribution in [0.4, 0.5) is 41.1 Å². The second-order valence-corrected chi connectivity index (χ2v) is 14.8. The quantitative estimate of drug-likeness (QED) is 0.0805. The van der Waals surface area contributed by atoms with Crippen molar-refractivity contribution >= 4 is 41.1 Å². The van der Waals surface area contributed by atoms with Gasteiger partial charge in [0, 0.05) is 42.9 Å². The molecule has 12 nitrogen and oxygen atoms in total. The highest BCUT2D eigenvalue weighted by Gasteiger charge is 2.36. The Morgan fingerprint density at radius 3 is 2.13 bits per heavy atom. The highest BCUT2D eigenvalue weighted by atomic mass is 19.4. The summed E-state index contributed by atoms with van der Waals surface area (Å²) < 4.78 is 54.4. The van der Waals surface area contributed by atoms with Gasteiger partial charge in [0.25, 0.3) is 5.91 Å². The molecular formula is C47H41F3N6O6. The van der Waals surface area contributed by atoms with Crippen LogP contribution in [0, 0.1) is 0 Å². The average Bonchev–Trinajstić information content (AvgIpc) is 3.60. The summed E-state index contributed by atoms with van der Waals surface area (Å²) in [6.45, 7) is 1.25. The van der Waals surface area contributed by atoms with Crippen LogP contribution < -0.4 is 20.9 Å². The van der Waals surface area contributed by atoms with Crippen LogP contribution in [-0.4, -0.2) is 59.6 Å². The van der Waals surface area contributed by atoms with E-state index in [-0.39, 0.29) is 47.5 Å². The molecular weight excluding hydrogens is 802 g/mol. The molecule has 8 rings (SSSR count). The molecule has 1 fully saturated rings. The number of likely N-dealkylation sites (tertiary alicyclic amines) is 1. The van der Waals surface area contributed by atoms with Crippen molar-refractivity contribution in [1.29, 1.82) is 0 Å². The number of hydrogen-bond donors (Lipinski definition) is 3. The Balaban J connectivity index is 1.04. The molecule has 5 aromatic carbocycles. The van der Waals surface area contributed by atoms with Gasteiger partial charge in [0.1, 0.15) is 23.7 Å². The SMILES string of the molecule is CONC(=O)c1ccccc1Nc1nc(Nc2ccc(Cc3c(OC(=O)N4CCCCC4)cccc3C(=O)OCC3c4ccccc4-c4ccccc43)cc2)ncc1C(F)(F)F. The fourth-order valence-corrected chi connectivity index (χ4v) is 7.80. The van der Waals surface area contributed by atoms with Crippen molar-refractivity contribution in [3.63, 3.8) is 0 Å². The highest BCUT2D eigenvalue weighted by Crippen LogP contribution is 2.45. The normalized spacial score (nSPS) is 13.5. The van der Waals surface area contributed by atoms with Crippen molar-refractivity contribution in [3.05, 3.63) is 160 Å². The number of rotatable bonds is 12. The third kappa shape index (κ3) is 9.07. The zero-order valence-corrected chi connectivity index (χ0v) is 33.5. The summed E-state index contributed by atoms with van der Waals surface area (Å²) in [5.41, 5.74) is 7.32. The number of hydrogen-bond acceptors (Lipinski definition) is 10. The highest BCUT2D eigenvalue weighted by molar-refractivity contribution is 5.99. The second-order valence-electron chi connectivity index (χ2n) is 14.8. The number of alkyl halides is 3. The van der Waals surface area contributed by atoms with E-state index < -0.39 is 35.5 Å². The molecule has 15 heteroatoms. The number of benzene rings is 5. The first kappa shape index (κ1) is 41.5. The lowest BCUT2D eigenvalue weighted by molar-refractivity contribution is -0.137. The Hall–Kier alpha value is -7.26. The summed E-state index contributed by atoms with van der Waals surface area (Å²) in [4.78, 5) is 54.3. The van der Waals surface area contributed by atoms with Crippen LogP contribution in [0.2, 0.25) is 0 Å². The number of para-hydroxylation sites is 1. The van der Waals surface area contributed by atoms with Gasteiger partial charge in [-0.3, -0.25) is 9.63 Å². The molecule has 1 aromatic heterocycles. The third-order valence-electron chi connectivity index (χ3n) is 10.8. The van der Waals surface area contributed by atoms with Crippen LogP contribution in [0.3, 0.4) is 0 Å². The van der Waals surface area contributed by atoms with Crippen molar-refractivity contribution in [3.8, 4) is 16.9 Å². The van der Waals surface area contributed by atoms with Crippen molar-refractivity contribution in [1.82, 2.24) is 20.3 Å². The number of fused-ring (bicyclic) bond motifs is 3. The van der Waals surface area contributed by atoms with Gasteiger partial charge < -0.3 is 25.0 Å². The summed E-state index contributed by atoms with van der Waals surface area (Å²) in [6.07, 6.45) is -1.71. The smallest absolute Gasteiger partial charge is 0.421 e. The number of amides is 2. The average molecular weight is 843 g/mol. The number of anilines is 4. The minimum Gasteiger partial charge on any atom is -0.461 e. The molecule has 0 radical (unpaired) electrons. The molecule has 1 saturated heterocycles. The van der Waals surface area contributed by atoms with E-state index in [1.807, 2.05) is 36.4 Å². The van der Waals surface area contributed by atoms with Crippen molar-refractivity contribution < 1.29 is 41.9 Å². The first-order valence-corrected chi connectivity index (χ1v) is 20.0. The molecule has 0 bridgehead atoms. The molecule has 0 spiro atoms. The number of aromatic nitrogens is 2. The number of nitrogens with zero attached hydrogens (tertiary/aromatic N) is 3. The van der Waals surface area contributed by atoms with Crippen LogP contribution in [0.1, 0.15) is 73.7 Å². The minimum atomic E-state index is -4.82. The topological polar surface area (TPSA) is 144 Å². The van der Waals surface area contributed by atoms with Gasteiger partial charge in [-0.15, -0.1) is 0 Å². The number of carbonyl (C=O) groups is 3. The van der Waals surface area contributed by atoms with Crippen molar-refractivity contribution in [2.75, 3.05) is 37.4 Å².